The number of carbonyl (C=O) groups is 3. The van der Waals surface area contributed by atoms with Gasteiger partial charge in [0, 0.05) is 24.3 Å². The SMILES string of the molecule is CC(C)c1cncc2ccc(C(=O)NNC(=S)N[C@H](Cc3ccccc3)CN3C(=O)c4ccccc4C3=O)nc12. The molecule has 202 valence electrons. The summed E-state index contributed by atoms with van der Waals surface area (Å²) in [4.78, 5) is 48.9. The Bertz CT molecular complexity index is 1570. The molecule has 40 heavy (non-hydrogen) atoms. The zero-order chi connectivity index (χ0) is 28.2. The number of pyridine rings is 2. The van der Waals surface area contributed by atoms with Gasteiger partial charge in [-0.05, 0) is 59.9 Å². The molecule has 9 nitrogen and oxygen atoms in total. The molecule has 2 aromatic carbocycles. The van der Waals surface area contributed by atoms with Crippen molar-refractivity contribution in [3.05, 3.63) is 107 Å². The number of nitrogens with one attached hydrogen (secondary N) is 3. The minimum absolute atomic E-state index is 0.0925. The molecule has 1 aliphatic heterocycles. The summed E-state index contributed by atoms with van der Waals surface area (Å²) in [6.07, 6.45) is 3.97. The number of benzene rings is 2. The van der Waals surface area contributed by atoms with Crippen LogP contribution in [0.4, 0.5) is 0 Å². The molecule has 3 amide bonds. The van der Waals surface area contributed by atoms with E-state index in [-0.39, 0.29) is 35.1 Å². The fourth-order valence-electron chi connectivity index (χ4n) is 4.70. The van der Waals surface area contributed by atoms with E-state index in [1.807, 2.05) is 50.2 Å². The van der Waals surface area contributed by atoms with Crippen LogP contribution in [0, 0.1) is 0 Å². The quantitative estimate of drug-likeness (QED) is 0.180. The Morgan fingerprint density at radius 1 is 0.900 bits per heavy atom. The molecule has 2 aromatic heterocycles. The van der Waals surface area contributed by atoms with Crippen molar-refractivity contribution in [3.63, 3.8) is 0 Å². The van der Waals surface area contributed by atoms with Gasteiger partial charge in [-0.15, -0.1) is 0 Å². The summed E-state index contributed by atoms with van der Waals surface area (Å²) in [6, 6.07) is 19.5. The predicted octanol–water partition coefficient (Wildman–Crippen LogP) is 3.77. The molecule has 0 fully saturated rings. The van der Waals surface area contributed by atoms with E-state index in [9.17, 15) is 14.4 Å². The van der Waals surface area contributed by atoms with Gasteiger partial charge in [0.1, 0.15) is 5.69 Å². The van der Waals surface area contributed by atoms with Gasteiger partial charge < -0.3 is 5.32 Å². The van der Waals surface area contributed by atoms with Crippen LogP contribution in [0.5, 0.6) is 0 Å². The maximum absolute atomic E-state index is 13.0. The summed E-state index contributed by atoms with van der Waals surface area (Å²) in [5.74, 6) is -0.949. The Hall–Kier alpha value is -4.70. The second-order valence-corrected chi connectivity index (χ2v) is 10.3. The van der Waals surface area contributed by atoms with E-state index in [1.165, 1.54) is 4.90 Å². The van der Waals surface area contributed by atoms with Crippen LogP contribution in [0.3, 0.4) is 0 Å². The molecule has 0 radical (unpaired) electrons. The molecule has 0 spiro atoms. The van der Waals surface area contributed by atoms with Crippen molar-refractivity contribution in [1.82, 2.24) is 31.0 Å². The zero-order valence-electron chi connectivity index (χ0n) is 22.0. The summed E-state index contributed by atoms with van der Waals surface area (Å²) >= 11 is 5.46. The van der Waals surface area contributed by atoms with Crippen LogP contribution in [0.15, 0.2) is 79.1 Å². The number of amides is 3. The summed E-state index contributed by atoms with van der Waals surface area (Å²) in [5.41, 5.74) is 8.99. The van der Waals surface area contributed by atoms with E-state index in [0.717, 1.165) is 22.0 Å². The first-order valence-corrected chi connectivity index (χ1v) is 13.3. The van der Waals surface area contributed by atoms with Gasteiger partial charge >= 0.3 is 0 Å². The highest BCUT2D eigenvalue weighted by molar-refractivity contribution is 7.80. The summed E-state index contributed by atoms with van der Waals surface area (Å²) in [7, 11) is 0. The van der Waals surface area contributed by atoms with Gasteiger partial charge in [0.2, 0.25) is 0 Å². The molecule has 1 aliphatic rings. The number of thiocarbonyl (C=S) groups is 1. The normalized spacial score (nSPS) is 13.3. The number of imide groups is 1. The number of hydrogen-bond donors (Lipinski definition) is 3. The first-order valence-electron chi connectivity index (χ1n) is 12.9. The number of rotatable bonds is 7. The first-order chi connectivity index (χ1) is 19.3. The Balaban J connectivity index is 1.27. The highest BCUT2D eigenvalue weighted by atomic mass is 32.1. The van der Waals surface area contributed by atoms with Crippen molar-refractivity contribution >= 4 is 46.0 Å². The van der Waals surface area contributed by atoms with Crippen LogP contribution in [-0.4, -0.2) is 50.3 Å². The van der Waals surface area contributed by atoms with Crippen molar-refractivity contribution in [2.45, 2.75) is 32.2 Å². The third kappa shape index (κ3) is 5.67. The lowest BCUT2D eigenvalue weighted by Gasteiger charge is -2.25. The molecule has 0 saturated heterocycles. The van der Waals surface area contributed by atoms with Gasteiger partial charge in [-0.3, -0.25) is 35.1 Å². The van der Waals surface area contributed by atoms with Crippen molar-refractivity contribution in [3.8, 4) is 0 Å². The van der Waals surface area contributed by atoms with E-state index < -0.39 is 11.9 Å². The highest BCUT2D eigenvalue weighted by Crippen LogP contribution is 2.24. The fourth-order valence-corrected chi connectivity index (χ4v) is 4.92. The summed E-state index contributed by atoms with van der Waals surface area (Å²) in [5, 5.41) is 4.14. The van der Waals surface area contributed by atoms with Crippen molar-refractivity contribution in [2.75, 3.05) is 6.54 Å². The largest absolute Gasteiger partial charge is 0.356 e. The monoisotopic (exact) mass is 552 g/mol. The Morgan fingerprint density at radius 3 is 2.25 bits per heavy atom. The van der Waals surface area contributed by atoms with E-state index in [4.69, 9.17) is 12.2 Å². The number of fused-ring (bicyclic) bond motifs is 2. The second kappa shape index (κ2) is 11.6. The topological polar surface area (TPSA) is 116 Å². The van der Waals surface area contributed by atoms with Crippen LogP contribution >= 0.6 is 12.2 Å². The Morgan fingerprint density at radius 2 is 1.57 bits per heavy atom. The maximum atomic E-state index is 13.0. The van der Waals surface area contributed by atoms with Gasteiger partial charge in [0.15, 0.2) is 5.11 Å². The van der Waals surface area contributed by atoms with Gasteiger partial charge in [0.05, 0.1) is 22.7 Å². The van der Waals surface area contributed by atoms with Gasteiger partial charge in [-0.25, -0.2) is 4.98 Å². The smallest absolute Gasteiger partial charge is 0.288 e. The van der Waals surface area contributed by atoms with Gasteiger partial charge in [-0.1, -0.05) is 56.3 Å². The number of hydrazine groups is 1. The van der Waals surface area contributed by atoms with E-state index >= 15 is 0 Å². The van der Waals surface area contributed by atoms with Crippen molar-refractivity contribution in [1.29, 1.82) is 0 Å². The minimum atomic E-state index is -0.461. The molecule has 5 rings (SSSR count). The van der Waals surface area contributed by atoms with Crippen LogP contribution < -0.4 is 16.2 Å². The maximum Gasteiger partial charge on any atom is 0.288 e. The molecule has 3 N–H and O–H groups in total. The molecule has 1 atom stereocenters. The number of nitrogens with zero attached hydrogens (tertiary/aromatic N) is 3. The van der Waals surface area contributed by atoms with Crippen molar-refractivity contribution < 1.29 is 14.4 Å². The number of hydrogen-bond acceptors (Lipinski definition) is 6. The van der Waals surface area contributed by atoms with E-state index in [0.29, 0.717) is 17.5 Å². The average Bonchev–Trinajstić information content (AvgIpc) is 3.20. The van der Waals surface area contributed by atoms with Crippen LogP contribution in [0.2, 0.25) is 0 Å². The molecule has 0 aliphatic carbocycles. The lowest BCUT2D eigenvalue weighted by atomic mass is 10.0. The minimum Gasteiger partial charge on any atom is -0.356 e. The molecule has 3 heterocycles. The lowest BCUT2D eigenvalue weighted by Crippen LogP contribution is -2.53. The molecule has 4 aromatic rings. The number of carbonyl (C=O) groups excluding carboxylic acids is 3. The highest BCUT2D eigenvalue weighted by Gasteiger charge is 2.36. The number of aromatic nitrogens is 2. The van der Waals surface area contributed by atoms with Crippen LogP contribution in [-0.2, 0) is 6.42 Å². The first kappa shape index (κ1) is 26.9. The van der Waals surface area contributed by atoms with E-state index in [2.05, 4.69) is 26.1 Å². The third-order valence-corrected chi connectivity index (χ3v) is 6.93. The molecular weight excluding hydrogens is 524 g/mol. The van der Waals surface area contributed by atoms with Crippen LogP contribution in [0.25, 0.3) is 10.9 Å². The molecule has 0 unspecified atom stereocenters. The van der Waals surface area contributed by atoms with Gasteiger partial charge in [0.25, 0.3) is 17.7 Å². The molecule has 10 heteroatoms. The van der Waals surface area contributed by atoms with E-state index in [1.54, 1.807) is 42.7 Å². The standard InChI is InChI=1S/C30H28N6O3S/c1-18(2)24-16-31-15-20-12-13-25(33-26(20)24)27(37)34-35-30(40)32-21(14-19-8-4-3-5-9-19)17-36-28(38)22-10-6-7-11-23(22)29(36)39/h3-13,15-16,18,21H,14,17H2,1-2H3,(H,34,37)(H2,32,35,40)/t21-/m1/s1. The van der Waals surface area contributed by atoms with Gasteiger partial charge in [-0.2, -0.15) is 0 Å². The third-order valence-electron chi connectivity index (χ3n) is 6.71. The Kier molecular flexibility index (Phi) is 7.79. The van der Waals surface area contributed by atoms with Crippen molar-refractivity contribution in [2.24, 2.45) is 0 Å². The predicted molar refractivity (Wildman–Crippen MR) is 156 cm³/mol. The molecular formula is C30H28N6O3S. The zero-order valence-corrected chi connectivity index (χ0v) is 22.9. The lowest BCUT2D eigenvalue weighted by molar-refractivity contribution is 0.0641. The average molecular weight is 553 g/mol. The van der Waals surface area contributed by atoms with Crippen LogP contribution in [0.1, 0.15) is 62.1 Å². The molecule has 0 bridgehead atoms. The Labute approximate surface area is 237 Å². The fraction of sp³-hybridized carbons (Fsp3) is 0.200. The summed E-state index contributed by atoms with van der Waals surface area (Å²) < 4.78 is 0. The summed E-state index contributed by atoms with van der Waals surface area (Å²) in [6.45, 7) is 4.18. The molecule has 0 saturated carbocycles. The second-order valence-electron chi connectivity index (χ2n) is 9.86.